The van der Waals surface area contributed by atoms with Gasteiger partial charge >= 0.3 is 0 Å². The molecule has 1 aliphatic heterocycles. The van der Waals surface area contributed by atoms with E-state index >= 15 is 0 Å². The molecule has 5 fully saturated rings. The zero-order valence-corrected chi connectivity index (χ0v) is 18.9. The van der Waals surface area contributed by atoms with Crippen molar-refractivity contribution in [2.24, 2.45) is 52.3 Å². The third kappa shape index (κ3) is 3.08. The largest absolute Gasteiger partial charge is 0.396 e. The van der Waals surface area contributed by atoms with Crippen LogP contribution in [0.15, 0.2) is 12.2 Å². The van der Waals surface area contributed by atoms with E-state index in [0.29, 0.717) is 41.8 Å². The smallest absolute Gasteiger partial charge is 0.139 e. The second-order valence-electron chi connectivity index (χ2n) is 11.8. The Morgan fingerprint density at radius 3 is 2.57 bits per heavy atom. The molecule has 0 aromatic heterocycles. The van der Waals surface area contributed by atoms with Gasteiger partial charge in [-0.3, -0.25) is 4.79 Å². The number of rotatable bonds is 3. The van der Waals surface area contributed by atoms with Gasteiger partial charge in [-0.05, 0) is 92.4 Å². The number of allylic oxidation sites excluding steroid dienone is 1. The van der Waals surface area contributed by atoms with Crippen molar-refractivity contribution < 1.29 is 15.0 Å². The number of hydrogen-bond donors (Lipinski definition) is 3. The van der Waals surface area contributed by atoms with Gasteiger partial charge in [-0.25, -0.2) is 0 Å². The number of aliphatic hydroxyl groups is 2. The number of carbonyl (C=O) groups excluding carboxylic acids is 1. The number of aliphatic hydroxyl groups excluding tert-OH is 2. The number of fused-ring (bicyclic) bond motifs is 5. The van der Waals surface area contributed by atoms with Gasteiger partial charge in [0.2, 0.25) is 0 Å². The van der Waals surface area contributed by atoms with Crippen molar-refractivity contribution in [1.82, 2.24) is 5.32 Å². The molecule has 4 heteroatoms. The Labute approximate surface area is 181 Å². The van der Waals surface area contributed by atoms with Crippen LogP contribution in [0.4, 0.5) is 0 Å². The number of Topliss-reactive ketones (excluding diaryl/α,β-unsaturated/α-hetero) is 1. The monoisotopic (exact) mass is 415 g/mol. The molecule has 10 atom stereocenters. The molecule has 30 heavy (non-hydrogen) atoms. The first-order chi connectivity index (χ1) is 14.4. The summed E-state index contributed by atoms with van der Waals surface area (Å²) in [7, 11) is 0. The van der Waals surface area contributed by atoms with Crippen LogP contribution in [0.3, 0.4) is 0 Å². The van der Waals surface area contributed by atoms with E-state index < -0.39 is 6.10 Å². The van der Waals surface area contributed by atoms with Crippen LogP contribution >= 0.6 is 0 Å². The molecule has 1 heterocycles. The Bertz CT molecular complexity index is 700. The molecule has 4 saturated carbocycles. The molecule has 4 nitrogen and oxygen atoms in total. The van der Waals surface area contributed by atoms with Gasteiger partial charge in [0.15, 0.2) is 0 Å². The SMILES string of the molecule is C[C@]12CC[C@@H](/C=C\[C@H]3CCNC3)CC1[C@@H](CO)[C@@H](O)[C@@H]1[C@@H]2CC[C@]2(C)C(=O)CC[C@@H]12. The lowest BCUT2D eigenvalue weighted by Gasteiger charge is -2.63. The maximum atomic E-state index is 12.7. The van der Waals surface area contributed by atoms with Crippen molar-refractivity contribution in [3.05, 3.63) is 12.2 Å². The Hall–Kier alpha value is -0.710. The van der Waals surface area contributed by atoms with Crippen molar-refractivity contribution in [1.29, 1.82) is 0 Å². The summed E-state index contributed by atoms with van der Waals surface area (Å²) in [6.45, 7) is 6.93. The summed E-state index contributed by atoms with van der Waals surface area (Å²) < 4.78 is 0. The fourth-order valence-electron chi connectivity index (χ4n) is 8.82. The van der Waals surface area contributed by atoms with E-state index in [0.717, 1.165) is 38.8 Å². The van der Waals surface area contributed by atoms with Gasteiger partial charge in [-0.2, -0.15) is 0 Å². The van der Waals surface area contributed by atoms with E-state index in [1.165, 1.54) is 19.3 Å². The minimum absolute atomic E-state index is 0.0429. The lowest BCUT2D eigenvalue weighted by molar-refractivity contribution is -0.199. The second kappa shape index (κ2) is 7.71. The Morgan fingerprint density at radius 2 is 1.83 bits per heavy atom. The molecular formula is C26H41NO3. The van der Waals surface area contributed by atoms with E-state index in [1.54, 1.807) is 0 Å². The van der Waals surface area contributed by atoms with Gasteiger partial charge in [-0.1, -0.05) is 26.0 Å². The van der Waals surface area contributed by atoms with Gasteiger partial charge in [0.1, 0.15) is 5.78 Å². The van der Waals surface area contributed by atoms with Crippen LogP contribution in [0.25, 0.3) is 0 Å². The average molecular weight is 416 g/mol. The molecular weight excluding hydrogens is 374 g/mol. The van der Waals surface area contributed by atoms with Gasteiger partial charge in [-0.15, -0.1) is 0 Å². The van der Waals surface area contributed by atoms with Crippen LogP contribution in [0.1, 0.15) is 65.2 Å². The van der Waals surface area contributed by atoms with Crippen molar-refractivity contribution >= 4 is 5.78 Å². The summed E-state index contributed by atoms with van der Waals surface area (Å²) in [5.74, 6) is 2.98. The molecule has 168 valence electrons. The average Bonchev–Trinajstić information content (AvgIpc) is 3.36. The topological polar surface area (TPSA) is 69.6 Å². The minimum Gasteiger partial charge on any atom is -0.396 e. The van der Waals surface area contributed by atoms with Gasteiger partial charge in [0.25, 0.3) is 0 Å². The maximum Gasteiger partial charge on any atom is 0.139 e. The summed E-state index contributed by atoms with van der Waals surface area (Å²) in [5, 5.41) is 25.4. The summed E-state index contributed by atoms with van der Waals surface area (Å²) in [6, 6.07) is 0. The molecule has 5 rings (SSSR count). The molecule has 1 unspecified atom stereocenters. The fraction of sp³-hybridized carbons (Fsp3) is 0.885. The van der Waals surface area contributed by atoms with Crippen molar-refractivity contribution in [2.75, 3.05) is 19.7 Å². The Morgan fingerprint density at radius 1 is 1.03 bits per heavy atom. The van der Waals surface area contributed by atoms with Crippen LogP contribution in [0.5, 0.6) is 0 Å². The summed E-state index contributed by atoms with van der Waals surface area (Å²) in [6.07, 6.45) is 12.9. The van der Waals surface area contributed by atoms with E-state index in [4.69, 9.17) is 0 Å². The first-order valence-electron chi connectivity index (χ1n) is 12.6. The molecule has 0 bridgehead atoms. The maximum absolute atomic E-state index is 12.7. The van der Waals surface area contributed by atoms with Gasteiger partial charge in [0.05, 0.1) is 6.10 Å². The molecule has 4 aliphatic carbocycles. The third-order valence-electron chi connectivity index (χ3n) is 10.7. The molecule has 1 saturated heterocycles. The first-order valence-corrected chi connectivity index (χ1v) is 12.6. The van der Waals surface area contributed by atoms with Crippen LogP contribution in [-0.2, 0) is 4.79 Å². The molecule has 0 radical (unpaired) electrons. The predicted octanol–water partition coefficient (Wildman–Crippen LogP) is 3.57. The molecule has 3 N–H and O–H groups in total. The van der Waals surface area contributed by atoms with Crippen LogP contribution in [-0.4, -0.2) is 41.8 Å². The zero-order valence-electron chi connectivity index (χ0n) is 18.9. The molecule has 0 aromatic rings. The van der Waals surface area contributed by atoms with Crippen LogP contribution < -0.4 is 5.32 Å². The highest BCUT2D eigenvalue weighted by Crippen LogP contribution is 2.67. The Balaban J connectivity index is 1.40. The van der Waals surface area contributed by atoms with Gasteiger partial charge in [0, 0.05) is 30.9 Å². The van der Waals surface area contributed by atoms with E-state index in [9.17, 15) is 15.0 Å². The number of hydrogen-bond acceptors (Lipinski definition) is 4. The third-order valence-corrected chi connectivity index (χ3v) is 10.7. The van der Waals surface area contributed by atoms with Gasteiger partial charge < -0.3 is 15.5 Å². The quantitative estimate of drug-likeness (QED) is 0.617. The normalized spacial score (nSPS) is 53.5. The molecule has 0 aromatic carbocycles. The highest BCUT2D eigenvalue weighted by Gasteiger charge is 2.64. The van der Waals surface area contributed by atoms with E-state index in [2.05, 4.69) is 31.3 Å². The summed E-state index contributed by atoms with van der Waals surface area (Å²) in [5.41, 5.74) is -0.0515. The van der Waals surface area contributed by atoms with Crippen LogP contribution in [0.2, 0.25) is 0 Å². The fourth-order valence-corrected chi connectivity index (χ4v) is 8.82. The highest BCUT2D eigenvalue weighted by atomic mass is 16.3. The molecule has 0 amide bonds. The summed E-state index contributed by atoms with van der Waals surface area (Å²) >= 11 is 0. The van der Waals surface area contributed by atoms with Crippen LogP contribution in [0, 0.1) is 52.3 Å². The van der Waals surface area contributed by atoms with Crippen molar-refractivity contribution in [3.63, 3.8) is 0 Å². The lowest BCUT2D eigenvalue weighted by atomic mass is 9.42. The van der Waals surface area contributed by atoms with Crippen molar-refractivity contribution in [2.45, 2.75) is 71.3 Å². The highest BCUT2D eigenvalue weighted by molar-refractivity contribution is 5.87. The number of carbonyl (C=O) groups is 1. The van der Waals surface area contributed by atoms with E-state index in [1.807, 2.05) is 0 Å². The Kier molecular flexibility index (Phi) is 5.43. The minimum atomic E-state index is -0.463. The predicted molar refractivity (Wildman–Crippen MR) is 118 cm³/mol. The van der Waals surface area contributed by atoms with Crippen molar-refractivity contribution in [3.8, 4) is 0 Å². The number of nitrogens with one attached hydrogen (secondary N) is 1. The number of ketones is 1. The van der Waals surface area contributed by atoms with E-state index in [-0.39, 0.29) is 29.3 Å². The second-order valence-corrected chi connectivity index (χ2v) is 11.8. The standard InChI is InChI=1S/C26H41NO3/c1-25-10-7-16(3-4-17-9-12-27-14-17)13-21(25)18(15-28)24(30)23-19-5-6-22(29)26(19,2)11-8-20(23)25/h3-4,16-21,23-24,27-28,30H,5-15H2,1-2H3/b4-3-/t16-,17+,18-,19+,20+,21?,23+,24-,25-,26+/m1/s1. The first kappa shape index (κ1) is 21.2. The lowest BCUT2D eigenvalue weighted by Crippen LogP contribution is -2.62. The molecule has 0 spiro atoms. The molecule has 5 aliphatic rings. The zero-order chi connectivity index (χ0) is 21.1. The summed E-state index contributed by atoms with van der Waals surface area (Å²) in [4.78, 5) is 12.7.